The Bertz CT molecular complexity index is 438. The monoisotopic (exact) mass is 245 g/mol. The van der Waals surface area contributed by atoms with Crippen LogP contribution < -0.4 is 0 Å². The molecule has 62 valence electrons. The Balaban J connectivity index is 2.88. The van der Waals surface area contributed by atoms with Gasteiger partial charge in [0, 0.05) is 4.47 Å². The molecule has 1 aromatic heterocycles. The maximum absolute atomic E-state index is 13.2. The Kier molecular flexibility index (Phi) is 1.88. The average molecular weight is 246 g/mol. The van der Waals surface area contributed by atoms with E-state index in [1.165, 1.54) is 17.4 Å². The fourth-order valence-electron chi connectivity index (χ4n) is 1.07. The van der Waals surface area contributed by atoms with Crippen molar-refractivity contribution in [3.63, 3.8) is 0 Å². The molecule has 4 heteroatoms. The van der Waals surface area contributed by atoms with Crippen molar-refractivity contribution in [1.82, 2.24) is 4.98 Å². The lowest BCUT2D eigenvalue weighted by Gasteiger charge is -1.91. The van der Waals surface area contributed by atoms with Gasteiger partial charge >= 0.3 is 0 Å². The molecule has 1 heterocycles. The van der Waals surface area contributed by atoms with E-state index in [1.807, 2.05) is 13.0 Å². The summed E-state index contributed by atoms with van der Waals surface area (Å²) in [4.78, 5) is 4.18. The molecule has 0 fully saturated rings. The van der Waals surface area contributed by atoms with Gasteiger partial charge in [-0.3, -0.25) is 0 Å². The van der Waals surface area contributed by atoms with Gasteiger partial charge in [0.2, 0.25) is 0 Å². The summed E-state index contributed by atoms with van der Waals surface area (Å²) >= 11 is 4.60. The van der Waals surface area contributed by atoms with Gasteiger partial charge in [-0.2, -0.15) is 0 Å². The average Bonchev–Trinajstić information content (AvgIpc) is 2.29. The van der Waals surface area contributed by atoms with Crippen molar-refractivity contribution in [2.24, 2.45) is 0 Å². The molecule has 0 saturated carbocycles. The lowest BCUT2D eigenvalue weighted by atomic mass is 10.3. The fourth-order valence-corrected chi connectivity index (χ4v) is 2.29. The number of aromatic nitrogens is 1. The van der Waals surface area contributed by atoms with Crippen molar-refractivity contribution in [3.8, 4) is 0 Å². The summed E-state index contributed by atoms with van der Waals surface area (Å²) in [6, 6.07) is 3.28. The number of fused-ring (bicyclic) bond motifs is 1. The molecule has 2 aromatic rings. The number of halogens is 2. The quantitative estimate of drug-likeness (QED) is 0.693. The Hall–Kier alpha value is -0.480. The third kappa shape index (κ3) is 1.25. The molecule has 0 saturated heterocycles. The standard InChI is InChI=1S/C8H5BrFNS/c1-4-11-7-3-5(9)2-6(10)8(7)12-4/h2-3H,1H3. The second-order valence-corrected chi connectivity index (χ2v) is 4.59. The second-order valence-electron chi connectivity index (χ2n) is 2.47. The molecule has 2 rings (SSSR count). The predicted octanol–water partition coefficient (Wildman–Crippen LogP) is 3.51. The molecule has 12 heavy (non-hydrogen) atoms. The first-order valence-corrected chi connectivity index (χ1v) is 5.00. The number of hydrogen-bond acceptors (Lipinski definition) is 2. The van der Waals surface area contributed by atoms with E-state index in [4.69, 9.17) is 0 Å². The van der Waals surface area contributed by atoms with Crippen LogP contribution in [0.5, 0.6) is 0 Å². The van der Waals surface area contributed by atoms with Crippen LogP contribution in [-0.2, 0) is 0 Å². The number of benzene rings is 1. The van der Waals surface area contributed by atoms with E-state index < -0.39 is 0 Å². The van der Waals surface area contributed by atoms with Gasteiger partial charge in [0.25, 0.3) is 0 Å². The van der Waals surface area contributed by atoms with Crippen LogP contribution in [0, 0.1) is 12.7 Å². The van der Waals surface area contributed by atoms with Gasteiger partial charge in [-0.05, 0) is 19.1 Å². The summed E-state index contributed by atoms with van der Waals surface area (Å²) < 4.78 is 14.6. The molecular formula is C8H5BrFNS. The first-order valence-electron chi connectivity index (χ1n) is 3.39. The highest BCUT2D eigenvalue weighted by atomic mass is 79.9. The molecule has 0 aliphatic heterocycles. The molecular weight excluding hydrogens is 241 g/mol. The van der Waals surface area contributed by atoms with Crippen molar-refractivity contribution in [2.75, 3.05) is 0 Å². The van der Waals surface area contributed by atoms with E-state index >= 15 is 0 Å². The van der Waals surface area contributed by atoms with Crippen LogP contribution in [0.4, 0.5) is 4.39 Å². The summed E-state index contributed by atoms with van der Waals surface area (Å²) in [6.07, 6.45) is 0. The Morgan fingerprint density at radius 3 is 3.00 bits per heavy atom. The van der Waals surface area contributed by atoms with Crippen molar-refractivity contribution in [1.29, 1.82) is 0 Å². The topological polar surface area (TPSA) is 12.9 Å². The zero-order valence-electron chi connectivity index (χ0n) is 6.27. The molecule has 0 amide bonds. The van der Waals surface area contributed by atoms with Crippen LogP contribution >= 0.6 is 27.3 Å². The zero-order valence-corrected chi connectivity index (χ0v) is 8.67. The van der Waals surface area contributed by atoms with Crippen molar-refractivity contribution < 1.29 is 4.39 Å². The lowest BCUT2D eigenvalue weighted by Crippen LogP contribution is -1.75. The molecule has 0 aliphatic rings. The molecule has 0 unspecified atom stereocenters. The smallest absolute Gasteiger partial charge is 0.143 e. The van der Waals surface area contributed by atoms with Crippen LogP contribution in [0.25, 0.3) is 10.2 Å². The Morgan fingerprint density at radius 1 is 1.50 bits per heavy atom. The van der Waals surface area contributed by atoms with E-state index in [2.05, 4.69) is 20.9 Å². The fraction of sp³-hybridized carbons (Fsp3) is 0.125. The zero-order chi connectivity index (χ0) is 8.72. The number of thiazole rings is 1. The Labute approximate surface area is 81.4 Å². The molecule has 0 bridgehead atoms. The summed E-state index contributed by atoms with van der Waals surface area (Å²) in [5.41, 5.74) is 0.726. The molecule has 1 aromatic carbocycles. The first-order chi connectivity index (χ1) is 5.66. The van der Waals surface area contributed by atoms with Crippen LogP contribution in [-0.4, -0.2) is 4.98 Å². The van der Waals surface area contributed by atoms with E-state index in [9.17, 15) is 4.39 Å². The molecule has 1 nitrogen and oxygen atoms in total. The van der Waals surface area contributed by atoms with Gasteiger partial charge in [0.05, 0.1) is 15.2 Å². The largest absolute Gasteiger partial charge is 0.241 e. The van der Waals surface area contributed by atoms with Crippen LogP contribution in [0.2, 0.25) is 0 Å². The van der Waals surface area contributed by atoms with Gasteiger partial charge in [-0.1, -0.05) is 15.9 Å². The summed E-state index contributed by atoms with van der Waals surface area (Å²) in [7, 11) is 0. The van der Waals surface area contributed by atoms with Crippen molar-refractivity contribution in [3.05, 3.63) is 27.4 Å². The van der Waals surface area contributed by atoms with Gasteiger partial charge in [-0.25, -0.2) is 9.37 Å². The van der Waals surface area contributed by atoms with E-state index in [-0.39, 0.29) is 5.82 Å². The molecule has 0 atom stereocenters. The lowest BCUT2D eigenvalue weighted by molar-refractivity contribution is 0.641. The third-order valence-electron chi connectivity index (χ3n) is 1.52. The maximum Gasteiger partial charge on any atom is 0.143 e. The number of hydrogen-bond donors (Lipinski definition) is 0. The minimum atomic E-state index is -0.204. The molecule has 0 radical (unpaired) electrons. The normalized spacial score (nSPS) is 10.9. The Morgan fingerprint density at radius 2 is 2.25 bits per heavy atom. The highest BCUT2D eigenvalue weighted by Gasteiger charge is 2.06. The van der Waals surface area contributed by atoms with Gasteiger partial charge in [0.15, 0.2) is 0 Å². The van der Waals surface area contributed by atoms with E-state index in [0.717, 1.165) is 15.0 Å². The minimum absolute atomic E-state index is 0.204. The molecule has 0 N–H and O–H groups in total. The van der Waals surface area contributed by atoms with Gasteiger partial charge in [0.1, 0.15) is 5.82 Å². The first kappa shape index (κ1) is 8.13. The number of rotatable bonds is 0. The second kappa shape index (κ2) is 2.78. The van der Waals surface area contributed by atoms with Crippen LogP contribution in [0.1, 0.15) is 5.01 Å². The van der Waals surface area contributed by atoms with Crippen LogP contribution in [0.3, 0.4) is 0 Å². The van der Waals surface area contributed by atoms with Crippen molar-refractivity contribution in [2.45, 2.75) is 6.92 Å². The van der Waals surface area contributed by atoms with E-state index in [1.54, 1.807) is 0 Å². The summed E-state index contributed by atoms with van der Waals surface area (Å²) in [5, 5.41) is 0.891. The molecule has 0 spiro atoms. The molecule has 0 aliphatic carbocycles. The highest BCUT2D eigenvalue weighted by Crippen LogP contribution is 2.27. The third-order valence-corrected chi connectivity index (χ3v) is 2.97. The highest BCUT2D eigenvalue weighted by molar-refractivity contribution is 9.10. The maximum atomic E-state index is 13.2. The van der Waals surface area contributed by atoms with E-state index in [0.29, 0.717) is 4.70 Å². The minimum Gasteiger partial charge on any atom is -0.241 e. The van der Waals surface area contributed by atoms with Gasteiger partial charge < -0.3 is 0 Å². The number of aryl methyl sites for hydroxylation is 1. The summed E-state index contributed by atoms with van der Waals surface area (Å²) in [6.45, 7) is 1.87. The van der Waals surface area contributed by atoms with Crippen LogP contribution in [0.15, 0.2) is 16.6 Å². The summed E-state index contributed by atoms with van der Waals surface area (Å²) in [5.74, 6) is -0.204. The number of nitrogens with zero attached hydrogens (tertiary/aromatic N) is 1. The SMILES string of the molecule is Cc1nc2cc(Br)cc(F)c2s1. The van der Waals surface area contributed by atoms with Gasteiger partial charge in [-0.15, -0.1) is 11.3 Å². The predicted molar refractivity (Wildman–Crippen MR) is 52.0 cm³/mol. The van der Waals surface area contributed by atoms with Crippen molar-refractivity contribution >= 4 is 37.5 Å².